The molecule has 0 spiro atoms. The number of benzene rings is 1. The molecule has 0 aliphatic rings. The molecule has 3 aromatic rings. The molecule has 0 saturated carbocycles. The van der Waals surface area contributed by atoms with Gasteiger partial charge in [0.15, 0.2) is 12.0 Å². The maximum Gasteiger partial charge on any atom is 0.228 e. The molecule has 2 N–H and O–H groups in total. The third-order valence-corrected chi connectivity index (χ3v) is 4.42. The fraction of sp³-hybridized carbons (Fsp3) is 0.150. The molecule has 2 aromatic heterocycles. The molecule has 0 radical (unpaired) electrons. The molecule has 0 aliphatic heterocycles. The number of Topliss-reactive ketones (excluding diaryl/α,β-unsaturated/α-hetero) is 1. The zero-order chi connectivity index (χ0) is 20.3. The van der Waals surface area contributed by atoms with Gasteiger partial charge in [-0.2, -0.15) is 4.73 Å². The molecule has 0 unspecified atom stereocenters. The number of aromatic nitrogens is 2. The van der Waals surface area contributed by atoms with E-state index < -0.39 is 5.82 Å². The zero-order valence-electron chi connectivity index (χ0n) is 15.3. The Kier molecular flexibility index (Phi) is 5.87. The summed E-state index contributed by atoms with van der Waals surface area (Å²) in [6, 6.07) is 7.22. The Bertz CT molecular complexity index is 1040. The highest BCUT2D eigenvalue weighted by Crippen LogP contribution is 2.29. The van der Waals surface area contributed by atoms with Gasteiger partial charge in [0.05, 0.1) is 29.0 Å². The van der Waals surface area contributed by atoms with E-state index in [1.54, 1.807) is 26.2 Å². The summed E-state index contributed by atoms with van der Waals surface area (Å²) >= 11 is 5.96. The Morgan fingerprint density at radius 1 is 1.29 bits per heavy atom. The Morgan fingerprint density at radius 2 is 2.07 bits per heavy atom. The van der Waals surface area contributed by atoms with E-state index in [4.69, 9.17) is 11.6 Å². The minimum absolute atomic E-state index is 0.0896. The van der Waals surface area contributed by atoms with Gasteiger partial charge in [0, 0.05) is 29.0 Å². The number of hydrogen-bond donors (Lipinski definition) is 2. The lowest BCUT2D eigenvalue weighted by atomic mass is 10.1. The van der Waals surface area contributed by atoms with Crippen LogP contribution in [-0.4, -0.2) is 24.4 Å². The van der Waals surface area contributed by atoms with Crippen LogP contribution in [0.15, 0.2) is 48.9 Å². The van der Waals surface area contributed by atoms with E-state index in [2.05, 4.69) is 15.6 Å². The van der Waals surface area contributed by atoms with Gasteiger partial charge in [-0.15, -0.1) is 0 Å². The van der Waals surface area contributed by atoms with E-state index in [-0.39, 0.29) is 23.6 Å². The second kappa shape index (κ2) is 8.33. The number of carbonyl (C=O) groups is 1. The lowest BCUT2D eigenvalue weighted by Gasteiger charge is -2.14. The van der Waals surface area contributed by atoms with Crippen LogP contribution >= 0.6 is 11.6 Å². The van der Waals surface area contributed by atoms with Crippen LogP contribution in [0.3, 0.4) is 0 Å². The molecule has 6 nitrogen and oxygen atoms in total. The number of nitrogens with zero attached hydrogens (tertiary/aromatic N) is 2. The second-order valence-electron chi connectivity index (χ2n) is 6.21. The number of anilines is 2. The van der Waals surface area contributed by atoms with Crippen LogP contribution in [0.2, 0.25) is 5.02 Å². The van der Waals surface area contributed by atoms with Crippen molar-refractivity contribution in [2.24, 2.45) is 0 Å². The first kappa shape index (κ1) is 19.7. The molecule has 144 valence electrons. The summed E-state index contributed by atoms with van der Waals surface area (Å²) in [6.45, 7) is 1.90. The van der Waals surface area contributed by atoms with E-state index >= 15 is 0 Å². The SMILES string of the molecule is CNCC(=O)c1cnccc1Nc1cc(-c2cc(Cl)ccc2F)[n+]([O-])cc1C. The zero-order valence-corrected chi connectivity index (χ0v) is 16.0. The van der Waals surface area contributed by atoms with Crippen molar-refractivity contribution in [3.63, 3.8) is 0 Å². The molecule has 0 saturated heterocycles. The average molecular weight is 401 g/mol. The molecule has 8 heteroatoms. The molecule has 0 aliphatic carbocycles. The van der Waals surface area contributed by atoms with Crippen LogP contribution in [-0.2, 0) is 0 Å². The normalized spacial score (nSPS) is 10.7. The highest BCUT2D eigenvalue weighted by atomic mass is 35.5. The summed E-state index contributed by atoms with van der Waals surface area (Å²) in [5.74, 6) is -0.690. The summed E-state index contributed by atoms with van der Waals surface area (Å²) in [5.41, 5.74) is 2.33. The molecule has 0 amide bonds. The van der Waals surface area contributed by atoms with Crippen molar-refractivity contribution in [2.75, 3.05) is 18.9 Å². The van der Waals surface area contributed by atoms with Gasteiger partial charge in [-0.25, -0.2) is 4.39 Å². The van der Waals surface area contributed by atoms with Gasteiger partial charge >= 0.3 is 0 Å². The Morgan fingerprint density at radius 3 is 2.82 bits per heavy atom. The molecular weight excluding hydrogens is 383 g/mol. The number of ketones is 1. The van der Waals surface area contributed by atoms with Gasteiger partial charge in [-0.3, -0.25) is 9.78 Å². The van der Waals surface area contributed by atoms with Crippen LogP contribution in [0, 0.1) is 17.9 Å². The highest BCUT2D eigenvalue weighted by Gasteiger charge is 2.19. The van der Waals surface area contributed by atoms with Crippen molar-refractivity contribution in [3.05, 3.63) is 76.1 Å². The Balaban J connectivity index is 2.05. The quantitative estimate of drug-likeness (QED) is 0.375. The molecular formula is C20H18ClFN4O2. The third-order valence-electron chi connectivity index (χ3n) is 4.19. The van der Waals surface area contributed by atoms with Gasteiger partial charge in [0.25, 0.3) is 0 Å². The van der Waals surface area contributed by atoms with E-state index in [1.807, 2.05) is 0 Å². The number of aryl methyl sites for hydroxylation is 1. The van der Waals surface area contributed by atoms with Crippen molar-refractivity contribution in [1.82, 2.24) is 10.3 Å². The standard InChI is InChI=1S/C20H18ClFN4O2/c1-12-11-26(28)19(14-7-13(21)3-4-16(14)22)8-18(12)25-17-5-6-24-9-15(17)20(27)10-23-2/h3-9,11,23H,10H2,1-2H3,(H,24,25). The van der Waals surface area contributed by atoms with Crippen LogP contribution < -0.4 is 15.4 Å². The first-order valence-electron chi connectivity index (χ1n) is 8.48. The van der Waals surface area contributed by atoms with Gasteiger partial charge in [0.2, 0.25) is 5.69 Å². The number of carbonyl (C=O) groups excluding carboxylic acids is 1. The first-order valence-corrected chi connectivity index (χ1v) is 8.86. The Labute approximate surface area is 166 Å². The average Bonchev–Trinajstić information content (AvgIpc) is 2.66. The van der Waals surface area contributed by atoms with Gasteiger partial charge in [0.1, 0.15) is 5.82 Å². The first-order chi connectivity index (χ1) is 13.4. The largest absolute Gasteiger partial charge is 0.618 e. The lowest BCUT2D eigenvalue weighted by molar-refractivity contribution is -0.594. The number of pyridine rings is 2. The van der Waals surface area contributed by atoms with E-state index in [0.29, 0.717) is 32.3 Å². The number of halogens is 2. The maximum absolute atomic E-state index is 14.3. The van der Waals surface area contributed by atoms with Gasteiger partial charge in [-0.1, -0.05) is 11.6 Å². The second-order valence-corrected chi connectivity index (χ2v) is 6.64. The summed E-state index contributed by atoms with van der Waals surface area (Å²) in [5, 5.41) is 18.7. The van der Waals surface area contributed by atoms with E-state index in [0.717, 1.165) is 0 Å². The molecule has 0 fully saturated rings. The van der Waals surface area contributed by atoms with E-state index in [9.17, 15) is 14.4 Å². The van der Waals surface area contributed by atoms with Gasteiger partial charge < -0.3 is 15.8 Å². The van der Waals surface area contributed by atoms with Crippen LogP contribution in [0.25, 0.3) is 11.3 Å². The summed E-state index contributed by atoms with van der Waals surface area (Å²) < 4.78 is 14.9. The van der Waals surface area contributed by atoms with Crippen molar-refractivity contribution in [2.45, 2.75) is 6.92 Å². The van der Waals surface area contributed by atoms with Crippen LogP contribution in [0.5, 0.6) is 0 Å². The monoisotopic (exact) mass is 400 g/mol. The highest BCUT2D eigenvalue weighted by molar-refractivity contribution is 6.30. The maximum atomic E-state index is 14.3. The molecule has 2 heterocycles. The van der Waals surface area contributed by atoms with E-state index in [1.165, 1.54) is 36.7 Å². The smallest absolute Gasteiger partial charge is 0.228 e. The molecule has 0 bridgehead atoms. The molecule has 1 aromatic carbocycles. The molecule has 0 atom stereocenters. The predicted octanol–water partition coefficient (Wildman–Crippen LogP) is 3.63. The third kappa shape index (κ3) is 4.11. The number of hydrogen-bond acceptors (Lipinski definition) is 5. The topological polar surface area (TPSA) is 81.0 Å². The molecule has 3 rings (SSSR count). The summed E-state index contributed by atoms with van der Waals surface area (Å²) in [7, 11) is 1.68. The number of likely N-dealkylation sites (N-methyl/N-ethyl adjacent to an activating group) is 1. The molecule has 28 heavy (non-hydrogen) atoms. The minimum atomic E-state index is -0.558. The Hall–Kier alpha value is -3.03. The van der Waals surface area contributed by atoms with Crippen molar-refractivity contribution < 1.29 is 13.9 Å². The summed E-state index contributed by atoms with van der Waals surface area (Å²) in [4.78, 5) is 16.3. The van der Waals surface area contributed by atoms with Crippen LogP contribution in [0.1, 0.15) is 15.9 Å². The number of rotatable bonds is 6. The van der Waals surface area contributed by atoms with Crippen molar-refractivity contribution in [1.29, 1.82) is 0 Å². The minimum Gasteiger partial charge on any atom is -0.618 e. The number of nitrogens with one attached hydrogen (secondary N) is 2. The predicted molar refractivity (Wildman–Crippen MR) is 106 cm³/mol. The lowest BCUT2D eigenvalue weighted by Crippen LogP contribution is -2.30. The van der Waals surface area contributed by atoms with Crippen LogP contribution in [0.4, 0.5) is 15.8 Å². The fourth-order valence-corrected chi connectivity index (χ4v) is 2.95. The van der Waals surface area contributed by atoms with Gasteiger partial charge in [-0.05, 0) is 38.2 Å². The summed E-state index contributed by atoms with van der Waals surface area (Å²) in [6.07, 6.45) is 4.38. The fourth-order valence-electron chi connectivity index (χ4n) is 2.78. The van der Waals surface area contributed by atoms with Crippen molar-refractivity contribution >= 4 is 28.8 Å². The van der Waals surface area contributed by atoms with Crippen molar-refractivity contribution in [3.8, 4) is 11.3 Å².